The predicted octanol–water partition coefficient (Wildman–Crippen LogP) is 22.3. The van der Waals surface area contributed by atoms with Crippen LogP contribution in [-0.4, -0.2) is 37.1 Å². The van der Waals surface area contributed by atoms with Crippen molar-refractivity contribution in [2.45, 2.75) is 0 Å². The molecule has 12 heteroatoms. The zero-order valence-corrected chi connectivity index (χ0v) is 54.7. The second-order valence-corrected chi connectivity index (χ2v) is 27.1. The topological polar surface area (TPSA) is 92.0 Å². The van der Waals surface area contributed by atoms with Gasteiger partial charge in [-0.05, 0) is 99.8 Å². The number of halogens is 2. The number of fused-ring (bicyclic) bond motifs is 9. The van der Waals surface area contributed by atoms with E-state index in [0.29, 0.717) is 17.1 Å². The monoisotopic (exact) mass is 1360 g/mol. The molecular weight excluding hydrogens is 1320 g/mol. The Morgan fingerprint density at radius 3 is 0.946 bits per heavy atom. The van der Waals surface area contributed by atoms with Gasteiger partial charge in [0.15, 0.2) is 11.6 Å². The standard InChI is InChI=1S/C46H28N2S2.C22H14Br2N2.C12H9BO2S/c1-3-13-29(14-4-1)40-28-41(30-15-5-2-6-16-30)48-46(47-40)33-26-31(34-19-11-21-38-36-17-7-9-23-42(36)49-44(34)38)25-32(27-33)35-20-12-22-39-37-18-8-10-24-43(37)50-45(35)39;23-18-11-17(12-19(24)13-18)22-25-20(15-7-3-1-4-8-15)14-21(26-22)16-9-5-2-6-10-16;14-13(15)10-6-3-5-9-8-4-1-2-7-11(8)16-12(9)10/h1-28H;1-14H;1-7,14-15H. The normalized spacial score (nSPS) is 11.3. The van der Waals surface area contributed by atoms with Gasteiger partial charge in [-0.25, -0.2) is 19.9 Å². The lowest BCUT2D eigenvalue weighted by Gasteiger charge is -2.14. The summed E-state index contributed by atoms with van der Waals surface area (Å²) in [7, 11) is -1.41. The third-order valence-corrected chi connectivity index (χ3v) is 20.8. The van der Waals surface area contributed by atoms with Crippen LogP contribution in [-0.2, 0) is 0 Å². The Morgan fingerprint density at radius 2 is 0.565 bits per heavy atom. The van der Waals surface area contributed by atoms with Crippen molar-refractivity contribution in [2.75, 3.05) is 0 Å². The van der Waals surface area contributed by atoms with Gasteiger partial charge in [-0.2, -0.15) is 0 Å². The number of benzene rings is 12. The highest BCUT2D eigenvalue weighted by Crippen LogP contribution is 2.45. The van der Waals surface area contributed by atoms with Crippen molar-refractivity contribution in [2.24, 2.45) is 0 Å². The first kappa shape index (κ1) is 58.8. The van der Waals surface area contributed by atoms with Crippen molar-refractivity contribution < 1.29 is 10.0 Å². The molecule has 0 atom stereocenters. The number of aromatic nitrogens is 4. The molecule has 0 saturated heterocycles. The molecule has 0 amide bonds. The van der Waals surface area contributed by atoms with Crippen molar-refractivity contribution in [1.29, 1.82) is 0 Å². The van der Waals surface area contributed by atoms with E-state index >= 15 is 0 Å². The number of hydrogen-bond donors (Lipinski definition) is 2. The second kappa shape index (κ2) is 26.0. The van der Waals surface area contributed by atoms with Crippen LogP contribution in [0.3, 0.4) is 0 Å². The van der Waals surface area contributed by atoms with E-state index in [1.165, 1.54) is 61.6 Å². The minimum absolute atomic E-state index is 0.582. The molecule has 2 N–H and O–H groups in total. The molecule has 0 saturated carbocycles. The molecule has 0 aliphatic carbocycles. The van der Waals surface area contributed by atoms with Crippen molar-refractivity contribution in [3.63, 3.8) is 0 Å². The molecule has 438 valence electrons. The van der Waals surface area contributed by atoms with E-state index in [-0.39, 0.29) is 0 Å². The lowest BCUT2D eigenvalue weighted by Crippen LogP contribution is -2.29. The molecule has 0 bridgehead atoms. The van der Waals surface area contributed by atoms with Gasteiger partial charge in [0.25, 0.3) is 0 Å². The highest BCUT2D eigenvalue weighted by Gasteiger charge is 2.20. The third kappa shape index (κ3) is 12.0. The van der Waals surface area contributed by atoms with E-state index in [1.54, 1.807) is 17.4 Å². The maximum atomic E-state index is 9.31. The summed E-state index contributed by atoms with van der Waals surface area (Å²) < 4.78 is 9.28. The zero-order valence-electron chi connectivity index (χ0n) is 49.0. The van der Waals surface area contributed by atoms with Crippen LogP contribution in [0.5, 0.6) is 0 Å². The van der Waals surface area contributed by atoms with Crippen LogP contribution >= 0.6 is 65.9 Å². The Bertz CT molecular complexity index is 5280. The molecule has 0 fully saturated rings. The Hall–Kier alpha value is -9.60. The maximum Gasteiger partial charge on any atom is 0.489 e. The molecule has 12 aromatic carbocycles. The van der Waals surface area contributed by atoms with E-state index in [2.05, 4.69) is 220 Å². The molecule has 0 aliphatic heterocycles. The van der Waals surface area contributed by atoms with E-state index in [4.69, 9.17) is 19.9 Å². The highest BCUT2D eigenvalue weighted by molar-refractivity contribution is 9.11. The SMILES string of the molecule is Brc1cc(Br)cc(-c2nc(-c3ccccc3)cc(-c3ccccc3)n2)c1.OB(O)c1cccc2c1sc1ccccc12.c1ccc(-c2cc(-c3ccccc3)nc(-c3cc(-c4cccc5c4sc4ccccc45)cc(-c4cccc5c4sc4ccccc45)c3)n2)cc1. The molecule has 0 radical (unpaired) electrons. The van der Waals surface area contributed by atoms with Crippen molar-refractivity contribution >= 4 is 139 Å². The van der Waals surface area contributed by atoms with Crippen LogP contribution in [0.1, 0.15) is 0 Å². The first-order chi connectivity index (χ1) is 45.2. The average Bonchev–Trinajstić information content (AvgIpc) is 1.56. The average molecular weight is 1370 g/mol. The van der Waals surface area contributed by atoms with E-state index in [0.717, 1.165) is 86.3 Å². The Labute approximate surface area is 560 Å². The van der Waals surface area contributed by atoms with Crippen LogP contribution < -0.4 is 5.46 Å². The van der Waals surface area contributed by atoms with Gasteiger partial charge in [0, 0.05) is 97.5 Å². The Kier molecular flexibility index (Phi) is 16.6. The fourth-order valence-corrected chi connectivity index (χ4v) is 16.9. The lowest BCUT2D eigenvalue weighted by molar-refractivity contribution is 0.426. The number of hydrogen-bond acceptors (Lipinski definition) is 9. The van der Waals surface area contributed by atoms with E-state index in [1.807, 2.05) is 126 Å². The van der Waals surface area contributed by atoms with Gasteiger partial charge in [-0.1, -0.05) is 262 Å². The molecule has 92 heavy (non-hydrogen) atoms. The summed E-state index contributed by atoms with van der Waals surface area (Å²) in [6, 6.07) is 103. The molecule has 17 rings (SSSR count). The predicted molar refractivity (Wildman–Crippen MR) is 398 cm³/mol. The summed E-state index contributed by atoms with van der Waals surface area (Å²) in [6.45, 7) is 0. The molecule has 6 nitrogen and oxygen atoms in total. The van der Waals surface area contributed by atoms with Crippen LogP contribution in [0.25, 0.3) is 151 Å². The molecular formula is C80H51BBr2N4O2S3. The van der Waals surface area contributed by atoms with Crippen LogP contribution in [0, 0.1) is 0 Å². The lowest BCUT2D eigenvalue weighted by atomic mass is 9.80. The largest absolute Gasteiger partial charge is 0.489 e. The van der Waals surface area contributed by atoms with E-state index in [9.17, 15) is 10.0 Å². The van der Waals surface area contributed by atoms with Gasteiger partial charge in [0.2, 0.25) is 0 Å². The minimum atomic E-state index is -1.41. The maximum absolute atomic E-state index is 9.31. The fraction of sp³-hybridized carbons (Fsp3) is 0. The van der Waals surface area contributed by atoms with Crippen LogP contribution in [0.2, 0.25) is 0 Å². The zero-order chi connectivity index (χ0) is 62.1. The highest BCUT2D eigenvalue weighted by atomic mass is 79.9. The van der Waals surface area contributed by atoms with Gasteiger partial charge in [-0.3, -0.25) is 0 Å². The van der Waals surface area contributed by atoms with Gasteiger partial charge in [0.1, 0.15) is 0 Å². The second-order valence-electron chi connectivity index (χ2n) is 22.1. The number of thiophene rings is 3. The third-order valence-electron chi connectivity index (χ3n) is 16.2. The van der Waals surface area contributed by atoms with Crippen LogP contribution in [0.4, 0.5) is 0 Å². The molecule has 5 aromatic heterocycles. The van der Waals surface area contributed by atoms with Gasteiger partial charge in [-0.15, -0.1) is 34.0 Å². The minimum Gasteiger partial charge on any atom is -0.423 e. The Balaban J connectivity index is 0.000000138. The fourth-order valence-electron chi connectivity index (χ4n) is 11.9. The summed E-state index contributed by atoms with van der Waals surface area (Å²) in [4.78, 5) is 20.2. The van der Waals surface area contributed by atoms with Crippen molar-refractivity contribution in [3.8, 4) is 90.1 Å². The molecule has 17 aromatic rings. The first-order valence-corrected chi connectivity index (χ1v) is 34.0. The molecule has 5 heterocycles. The molecule has 0 spiro atoms. The van der Waals surface area contributed by atoms with E-state index < -0.39 is 7.12 Å². The van der Waals surface area contributed by atoms with Crippen LogP contribution in [0.15, 0.2) is 306 Å². The quantitative estimate of drug-likeness (QED) is 0.140. The summed E-state index contributed by atoms with van der Waals surface area (Å²) in [5.41, 5.74) is 15.2. The summed E-state index contributed by atoms with van der Waals surface area (Å²) >= 11 is 12.4. The summed E-state index contributed by atoms with van der Waals surface area (Å²) in [5.74, 6) is 1.41. The van der Waals surface area contributed by atoms with Crippen molar-refractivity contribution in [1.82, 2.24) is 19.9 Å². The summed E-state index contributed by atoms with van der Waals surface area (Å²) in [6.07, 6.45) is 0. The Morgan fingerprint density at radius 1 is 0.261 bits per heavy atom. The summed E-state index contributed by atoms with van der Waals surface area (Å²) in [5, 5.41) is 26.0. The smallest absolute Gasteiger partial charge is 0.423 e. The molecule has 0 unspecified atom stereocenters. The first-order valence-electron chi connectivity index (χ1n) is 29.9. The number of rotatable bonds is 9. The number of nitrogens with zero attached hydrogens (tertiary/aromatic N) is 4. The van der Waals surface area contributed by atoms with Gasteiger partial charge in [0.05, 0.1) is 22.8 Å². The van der Waals surface area contributed by atoms with Gasteiger partial charge >= 0.3 is 7.12 Å². The van der Waals surface area contributed by atoms with Gasteiger partial charge < -0.3 is 10.0 Å². The van der Waals surface area contributed by atoms with Crippen molar-refractivity contribution in [3.05, 3.63) is 306 Å². The molecule has 0 aliphatic rings.